The van der Waals surface area contributed by atoms with Crippen molar-refractivity contribution in [3.63, 3.8) is 0 Å². The van der Waals surface area contributed by atoms with Crippen molar-refractivity contribution in [3.05, 3.63) is 66.2 Å². The van der Waals surface area contributed by atoms with Crippen LogP contribution in [0.4, 0.5) is 0 Å². The molecule has 0 atom stereocenters. The Morgan fingerprint density at radius 2 is 1.93 bits per heavy atom. The Morgan fingerprint density at radius 3 is 2.56 bits per heavy atom. The first-order chi connectivity index (χ1) is 12.9. The van der Waals surface area contributed by atoms with E-state index >= 15 is 0 Å². The van der Waals surface area contributed by atoms with Crippen molar-refractivity contribution in [2.24, 2.45) is 0 Å². The number of hydrogen-bond acceptors (Lipinski definition) is 6. The van der Waals surface area contributed by atoms with Crippen molar-refractivity contribution in [2.75, 3.05) is 14.1 Å². The van der Waals surface area contributed by atoms with Gasteiger partial charge in [-0.25, -0.2) is 17.4 Å². The van der Waals surface area contributed by atoms with Crippen LogP contribution in [0.1, 0.15) is 16.1 Å². The Bertz CT molecular complexity index is 1030. The zero-order valence-corrected chi connectivity index (χ0v) is 15.6. The predicted molar refractivity (Wildman–Crippen MR) is 97.6 cm³/mol. The smallest absolute Gasteiger partial charge is 0.251 e. The van der Waals surface area contributed by atoms with Crippen LogP contribution in [0, 0.1) is 0 Å². The number of pyridine rings is 1. The van der Waals surface area contributed by atoms with Crippen LogP contribution < -0.4 is 5.32 Å². The van der Waals surface area contributed by atoms with E-state index < -0.39 is 10.0 Å². The van der Waals surface area contributed by atoms with E-state index in [-0.39, 0.29) is 17.3 Å². The maximum Gasteiger partial charge on any atom is 0.251 e. The van der Waals surface area contributed by atoms with Gasteiger partial charge in [-0.1, -0.05) is 5.21 Å². The molecule has 0 bridgehead atoms. The Morgan fingerprint density at radius 1 is 1.19 bits per heavy atom. The number of hydrogen-bond donors (Lipinski definition) is 1. The molecule has 0 unspecified atom stereocenters. The molecule has 2 heterocycles. The van der Waals surface area contributed by atoms with Gasteiger partial charge in [-0.2, -0.15) is 0 Å². The molecule has 10 heteroatoms. The minimum Gasteiger partial charge on any atom is -0.346 e. The molecule has 1 N–H and O–H groups in total. The van der Waals surface area contributed by atoms with Gasteiger partial charge in [0.2, 0.25) is 10.0 Å². The minimum absolute atomic E-state index is 0.128. The summed E-state index contributed by atoms with van der Waals surface area (Å²) in [6.45, 7) is 0.191. The summed E-state index contributed by atoms with van der Waals surface area (Å²) in [5.74, 6) is -0.334. The van der Waals surface area contributed by atoms with E-state index in [2.05, 4.69) is 20.6 Å². The maximum atomic E-state index is 12.3. The summed E-state index contributed by atoms with van der Waals surface area (Å²) in [5.41, 5.74) is 1.70. The third-order valence-corrected chi connectivity index (χ3v) is 5.61. The van der Waals surface area contributed by atoms with Crippen LogP contribution in [0.3, 0.4) is 0 Å². The standard InChI is InChI=1S/C17H18N6O3S/c1-22(2)27(25,26)16-7-5-13(6-8-16)17(24)19-10-14-12-23(21-20-14)15-4-3-9-18-11-15/h3-9,11-12H,10H2,1-2H3,(H,19,24). The number of nitrogens with one attached hydrogen (secondary N) is 1. The van der Waals surface area contributed by atoms with Gasteiger partial charge in [0.05, 0.1) is 29.5 Å². The Labute approximate surface area is 156 Å². The number of amides is 1. The summed E-state index contributed by atoms with van der Waals surface area (Å²) < 4.78 is 26.8. The van der Waals surface area contributed by atoms with Crippen molar-refractivity contribution in [1.29, 1.82) is 0 Å². The zero-order chi connectivity index (χ0) is 19.4. The predicted octanol–water partition coefficient (Wildman–Crippen LogP) is 0.843. The molecule has 3 rings (SSSR count). The van der Waals surface area contributed by atoms with Crippen LogP contribution in [-0.2, 0) is 16.6 Å². The van der Waals surface area contributed by atoms with Crippen LogP contribution >= 0.6 is 0 Å². The van der Waals surface area contributed by atoms with Gasteiger partial charge in [-0.05, 0) is 36.4 Å². The van der Waals surface area contributed by atoms with Crippen molar-refractivity contribution in [3.8, 4) is 5.69 Å². The molecule has 0 fully saturated rings. The number of sulfonamides is 1. The van der Waals surface area contributed by atoms with E-state index in [9.17, 15) is 13.2 Å². The Balaban J connectivity index is 1.64. The molecule has 0 aliphatic rings. The van der Waals surface area contributed by atoms with Crippen LogP contribution in [0.5, 0.6) is 0 Å². The summed E-state index contributed by atoms with van der Waals surface area (Å²) in [6, 6.07) is 9.38. The van der Waals surface area contributed by atoms with Crippen LogP contribution in [0.25, 0.3) is 5.69 Å². The molecule has 0 saturated heterocycles. The third kappa shape index (κ3) is 4.18. The van der Waals surface area contributed by atoms with Gasteiger partial charge in [0, 0.05) is 25.9 Å². The lowest BCUT2D eigenvalue weighted by Crippen LogP contribution is -2.24. The van der Waals surface area contributed by atoms with Crippen molar-refractivity contribution in [2.45, 2.75) is 11.4 Å². The molecule has 0 aliphatic carbocycles. The first kappa shape index (κ1) is 18.7. The summed E-state index contributed by atoms with van der Waals surface area (Å²) in [6.07, 6.45) is 5.01. The van der Waals surface area contributed by atoms with Gasteiger partial charge in [0.1, 0.15) is 5.69 Å². The monoisotopic (exact) mass is 386 g/mol. The summed E-state index contributed by atoms with van der Waals surface area (Å²) in [7, 11) is -0.617. The first-order valence-electron chi connectivity index (χ1n) is 8.00. The summed E-state index contributed by atoms with van der Waals surface area (Å²) >= 11 is 0. The second-order valence-corrected chi connectivity index (χ2v) is 8.01. The molecular formula is C17H18N6O3S. The Kier molecular flexibility index (Phi) is 5.28. The highest BCUT2D eigenvalue weighted by Gasteiger charge is 2.17. The second-order valence-electron chi connectivity index (χ2n) is 5.86. The van der Waals surface area contributed by atoms with Gasteiger partial charge in [-0.15, -0.1) is 5.10 Å². The Hall–Kier alpha value is -3.11. The number of benzene rings is 1. The van der Waals surface area contributed by atoms with Gasteiger partial charge in [-0.3, -0.25) is 9.78 Å². The van der Waals surface area contributed by atoms with Gasteiger partial charge >= 0.3 is 0 Å². The highest BCUT2D eigenvalue weighted by Crippen LogP contribution is 2.14. The van der Waals surface area contributed by atoms with Crippen molar-refractivity contribution >= 4 is 15.9 Å². The zero-order valence-electron chi connectivity index (χ0n) is 14.8. The largest absolute Gasteiger partial charge is 0.346 e. The third-order valence-electron chi connectivity index (χ3n) is 3.78. The van der Waals surface area contributed by atoms with Crippen LogP contribution in [0.15, 0.2) is 59.9 Å². The van der Waals surface area contributed by atoms with E-state index in [1.807, 2.05) is 6.07 Å². The van der Waals surface area contributed by atoms with E-state index in [1.54, 1.807) is 29.3 Å². The molecule has 0 radical (unpaired) electrons. The highest BCUT2D eigenvalue weighted by molar-refractivity contribution is 7.89. The lowest BCUT2D eigenvalue weighted by Gasteiger charge is -2.11. The second kappa shape index (κ2) is 7.64. The van der Waals surface area contributed by atoms with Crippen molar-refractivity contribution in [1.82, 2.24) is 29.6 Å². The van der Waals surface area contributed by atoms with Gasteiger partial charge in [0.15, 0.2) is 0 Å². The fraction of sp³-hybridized carbons (Fsp3) is 0.176. The molecule has 3 aromatic rings. The van der Waals surface area contributed by atoms with Gasteiger partial charge in [0.25, 0.3) is 5.91 Å². The molecule has 2 aromatic heterocycles. The number of nitrogens with zero attached hydrogens (tertiary/aromatic N) is 5. The fourth-order valence-electron chi connectivity index (χ4n) is 2.26. The molecule has 0 spiro atoms. The topological polar surface area (TPSA) is 110 Å². The number of aromatic nitrogens is 4. The number of carbonyl (C=O) groups is 1. The van der Waals surface area contributed by atoms with Gasteiger partial charge < -0.3 is 5.32 Å². The molecular weight excluding hydrogens is 368 g/mol. The van der Waals surface area contributed by atoms with E-state index in [0.29, 0.717) is 11.3 Å². The molecule has 27 heavy (non-hydrogen) atoms. The normalized spacial score (nSPS) is 11.5. The molecule has 140 valence electrons. The number of rotatable bonds is 6. The average molecular weight is 386 g/mol. The van der Waals surface area contributed by atoms with E-state index in [0.717, 1.165) is 9.99 Å². The lowest BCUT2D eigenvalue weighted by molar-refractivity contribution is 0.0950. The lowest BCUT2D eigenvalue weighted by atomic mass is 10.2. The highest BCUT2D eigenvalue weighted by atomic mass is 32.2. The summed E-state index contributed by atoms with van der Waals surface area (Å²) in [5, 5.41) is 10.7. The summed E-state index contributed by atoms with van der Waals surface area (Å²) in [4.78, 5) is 16.4. The SMILES string of the molecule is CN(C)S(=O)(=O)c1ccc(C(=O)NCc2cn(-c3cccnc3)nn2)cc1. The molecule has 0 saturated carbocycles. The van der Waals surface area contributed by atoms with Crippen LogP contribution in [-0.4, -0.2) is 52.7 Å². The fourth-order valence-corrected chi connectivity index (χ4v) is 3.16. The van der Waals surface area contributed by atoms with E-state index in [4.69, 9.17) is 0 Å². The maximum absolute atomic E-state index is 12.3. The average Bonchev–Trinajstić information content (AvgIpc) is 3.16. The molecule has 9 nitrogen and oxygen atoms in total. The van der Waals surface area contributed by atoms with Crippen molar-refractivity contribution < 1.29 is 13.2 Å². The minimum atomic E-state index is -3.52. The van der Waals surface area contributed by atoms with Crippen LogP contribution in [0.2, 0.25) is 0 Å². The molecule has 0 aliphatic heterocycles. The number of carbonyl (C=O) groups excluding carboxylic acids is 1. The molecule has 1 amide bonds. The quantitative estimate of drug-likeness (QED) is 0.672. The first-order valence-corrected chi connectivity index (χ1v) is 9.44. The van der Waals surface area contributed by atoms with E-state index in [1.165, 1.54) is 38.4 Å². The molecule has 1 aromatic carbocycles.